The number of halogens is 1. The molecule has 0 fully saturated rings. The molecule has 2 rings (SSSR count). The number of anilines is 1. The minimum absolute atomic E-state index is 0.0951. The number of rotatable bonds is 5. The predicted molar refractivity (Wildman–Crippen MR) is 90.6 cm³/mol. The van der Waals surface area contributed by atoms with Crippen molar-refractivity contribution < 1.29 is 9.53 Å². The number of carbonyl (C=O) groups is 1. The van der Waals surface area contributed by atoms with Gasteiger partial charge >= 0.3 is 0 Å². The molecule has 0 unspecified atom stereocenters. The topological polar surface area (TPSA) is 64.3 Å². The fourth-order valence-electron chi connectivity index (χ4n) is 1.70. The fraction of sp³-hybridized carbons (Fsp3) is 0.0667. The first-order chi connectivity index (χ1) is 10.1. The summed E-state index contributed by atoms with van der Waals surface area (Å²) in [5.74, 6) is 0.334. The average molecular weight is 365 g/mol. The number of hydrogen-bond acceptors (Lipinski definition) is 3. The summed E-state index contributed by atoms with van der Waals surface area (Å²) < 4.78 is 6.30. The van der Waals surface area contributed by atoms with Crippen LogP contribution in [0, 0.1) is 0 Å². The zero-order valence-corrected chi connectivity index (χ0v) is 13.4. The van der Waals surface area contributed by atoms with E-state index in [1.165, 1.54) is 0 Å². The minimum atomic E-state index is -0.279. The lowest BCUT2D eigenvalue weighted by atomic mass is 10.2. The van der Waals surface area contributed by atoms with Crippen molar-refractivity contribution in [1.82, 2.24) is 0 Å². The van der Waals surface area contributed by atoms with Crippen molar-refractivity contribution in [3.63, 3.8) is 0 Å². The molecule has 0 aromatic heterocycles. The zero-order chi connectivity index (χ0) is 15.2. The largest absolute Gasteiger partial charge is 0.484 e. The van der Waals surface area contributed by atoms with Gasteiger partial charge in [-0.15, -0.1) is 0 Å². The Morgan fingerprint density at radius 2 is 2.00 bits per heavy atom. The van der Waals surface area contributed by atoms with Crippen LogP contribution < -0.4 is 15.8 Å². The van der Waals surface area contributed by atoms with Gasteiger partial charge in [0.25, 0.3) is 5.91 Å². The number of nitrogens with two attached hydrogens (primary N) is 1. The lowest BCUT2D eigenvalue weighted by Crippen LogP contribution is -2.22. The molecule has 108 valence electrons. The van der Waals surface area contributed by atoms with Crippen LogP contribution in [0.2, 0.25) is 0 Å². The van der Waals surface area contributed by atoms with Crippen molar-refractivity contribution in [3.8, 4) is 5.75 Å². The van der Waals surface area contributed by atoms with Gasteiger partial charge in [-0.25, -0.2) is 0 Å². The van der Waals surface area contributed by atoms with Crippen molar-refractivity contribution >= 4 is 44.7 Å². The lowest BCUT2D eigenvalue weighted by Gasteiger charge is -2.10. The molecule has 0 heterocycles. The van der Waals surface area contributed by atoms with Crippen LogP contribution in [-0.4, -0.2) is 17.5 Å². The molecule has 21 heavy (non-hydrogen) atoms. The highest BCUT2D eigenvalue weighted by atomic mass is 79.9. The normalized spacial score (nSPS) is 9.95. The first kappa shape index (κ1) is 15.5. The number of thiocarbonyl (C=S) groups is 1. The maximum absolute atomic E-state index is 11.9. The monoisotopic (exact) mass is 364 g/mol. The summed E-state index contributed by atoms with van der Waals surface area (Å²) in [4.78, 5) is 12.1. The Morgan fingerprint density at radius 3 is 2.71 bits per heavy atom. The summed E-state index contributed by atoms with van der Waals surface area (Å²) in [7, 11) is 0. The van der Waals surface area contributed by atoms with Gasteiger partial charge in [0, 0.05) is 10.0 Å². The Balaban J connectivity index is 1.98. The summed E-state index contributed by atoms with van der Waals surface area (Å²) >= 11 is 8.29. The van der Waals surface area contributed by atoms with Crippen LogP contribution in [0.15, 0.2) is 53.0 Å². The molecule has 3 N–H and O–H groups in total. The smallest absolute Gasteiger partial charge is 0.262 e. The van der Waals surface area contributed by atoms with Crippen molar-refractivity contribution in [2.45, 2.75) is 0 Å². The number of ether oxygens (including phenoxy) is 1. The highest BCUT2D eigenvalue weighted by Crippen LogP contribution is 2.18. The number of benzene rings is 2. The molecule has 0 atom stereocenters. The molecule has 4 nitrogen and oxygen atoms in total. The Hall–Kier alpha value is -1.92. The summed E-state index contributed by atoms with van der Waals surface area (Å²) in [6.07, 6.45) is 0. The SMILES string of the molecule is NC(=S)c1ccccc1NC(=O)COc1cccc(Br)c1. The molecule has 0 radical (unpaired) electrons. The fourth-order valence-corrected chi connectivity index (χ4v) is 2.26. The average Bonchev–Trinajstić information content (AvgIpc) is 2.45. The third-order valence-electron chi connectivity index (χ3n) is 2.63. The maximum Gasteiger partial charge on any atom is 0.262 e. The molecule has 0 aliphatic rings. The molecule has 0 bridgehead atoms. The maximum atomic E-state index is 11.9. The Bertz CT molecular complexity index is 676. The van der Waals surface area contributed by atoms with Crippen LogP contribution in [0.1, 0.15) is 5.56 Å². The third-order valence-corrected chi connectivity index (χ3v) is 3.35. The van der Waals surface area contributed by atoms with Crippen LogP contribution in [0.3, 0.4) is 0 Å². The van der Waals surface area contributed by atoms with E-state index in [2.05, 4.69) is 21.2 Å². The zero-order valence-electron chi connectivity index (χ0n) is 11.0. The summed E-state index contributed by atoms with van der Waals surface area (Å²) in [6, 6.07) is 14.4. The molecule has 1 amide bonds. The first-order valence-electron chi connectivity index (χ1n) is 6.13. The molecular formula is C15H13BrN2O2S. The summed E-state index contributed by atoms with van der Waals surface area (Å²) in [6.45, 7) is -0.0951. The molecule has 0 spiro atoms. The Kier molecular flexibility index (Phi) is 5.30. The second-order valence-corrected chi connectivity index (χ2v) is 5.56. The van der Waals surface area contributed by atoms with Crippen molar-refractivity contribution in [3.05, 3.63) is 58.6 Å². The van der Waals surface area contributed by atoms with Crippen LogP contribution >= 0.6 is 28.1 Å². The van der Waals surface area contributed by atoms with Crippen LogP contribution in [0.25, 0.3) is 0 Å². The minimum Gasteiger partial charge on any atom is -0.484 e. The predicted octanol–water partition coefficient (Wildman–Crippen LogP) is 3.10. The van der Waals surface area contributed by atoms with Gasteiger partial charge < -0.3 is 15.8 Å². The van der Waals surface area contributed by atoms with Gasteiger partial charge in [0.1, 0.15) is 10.7 Å². The van der Waals surface area contributed by atoms with Crippen LogP contribution in [-0.2, 0) is 4.79 Å². The quantitative estimate of drug-likeness (QED) is 0.800. The van der Waals surface area contributed by atoms with E-state index >= 15 is 0 Å². The van der Waals surface area contributed by atoms with E-state index in [1.54, 1.807) is 30.3 Å². The van der Waals surface area contributed by atoms with Crippen LogP contribution in [0.4, 0.5) is 5.69 Å². The number of amides is 1. The molecule has 0 saturated heterocycles. The van der Waals surface area contributed by atoms with Gasteiger partial charge in [-0.3, -0.25) is 4.79 Å². The van der Waals surface area contributed by atoms with Gasteiger partial charge in [-0.2, -0.15) is 0 Å². The van der Waals surface area contributed by atoms with Gasteiger partial charge in [0.15, 0.2) is 6.61 Å². The highest BCUT2D eigenvalue weighted by molar-refractivity contribution is 9.10. The van der Waals surface area contributed by atoms with Gasteiger partial charge in [-0.05, 0) is 30.3 Å². The number of hydrogen-bond donors (Lipinski definition) is 2. The van der Waals surface area contributed by atoms with Crippen molar-refractivity contribution in [2.75, 3.05) is 11.9 Å². The Morgan fingerprint density at radius 1 is 1.24 bits per heavy atom. The van der Waals surface area contributed by atoms with Crippen molar-refractivity contribution in [1.29, 1.82) is 0 Å². The Labute approximate surface area is 136 Å². The van der Waals surface area contributed by atoms with E-state index in [1.807, 2.05) is 18.2 Å². The third kappa shape index (κ3) is 4.54. The second-order valence-electron chi connectivity index (χ2n) is 4.20. The second kappa shape index (κ2) is 7.19. The van der Waals surface area contributed by atoms with Gasteiger partial charge in [0.05, 0.1) is 5.69 Å². The molecule has 0 aliphatic carbocycles. The van der Waals surface area contributed by atoms with E-state index in [9.17, 15) is 4.79 Å². The molecule has 2 aromatic rings. The summed E-state index contributed by atoms with van der Waals surface area (Å²) in [5.41, 5.74) is 6.82. The van der Waals surface area contributed by atoms with Crippen molar-refractivity contribution in [2.24, 2.45) is 5.73 Å². The lowest BCUT2D eigenvalue weighted by molar-refractivity contribution is -0.118. The molecular weight excluding hydrogens is 352 g/mol. The molecule has 2 aromatic carbocycles. The standard InChI is InChI=1S/C15H13BrN2O2S/c16-10-4-3-5-11(8-10)20-9-14(19)18-13-7-2-1-6-12(13)15(17)21/h1-8H,9H2,(H2,17,21)(H,18,19). The first-order valence-corrected chi connectivity index (χ1v) is 7.33. The number of nitrogens with one attached hydrogen (secondary N) is 1. The van der Waals surface area contributed by atoms with E-state index in [0.29, 0.717) is 17.0 Å². The summed E-state index contributed by atoms with van der Waals surface area (Å²) in [5, 5.41) is 2.73. The number of para-hydroxylation sites is 1. The van der Waals surface area contributed by atoms with Gasteiger partial charge in [-0.1, -0.05) is 46.3 Å². The van der Waals surface area contributed by atoms with E-state index in [4.69, 9.17) is 22.7 Å². The number of carbonyl (C=O) groups excluding carboxylic acids is 1. The van der Waals surface area contributed by atoms with E-state index in [-0.39, 0.29) is 17.5 Å². The van der Waals surface area contributed by atoms with Gasteiger partial charge in [0.2, 0.25) is 0 Å². The molecule has 6 heteroatoms. The highest BCUT2D eigenvalue weighted by Gasteiger charge is 2.09. The van der Waals surface area contributed by atoms with E-state index in [0.717, 1.165) is 4.47 Å². The van der Waals surface area contributed by atoms with E-state index < -0.39 is 0 Å². The molecule has 0 saturated carbocycles. The molecule has 0 aliphatic heterocycles. The van der Waals surface area contributed by atoms with Crippen LogP contribution in [0.5, 0.6) is 5.75 Å².